The van der Waals surface area contributed by atoms with Crippen molar-refractivity contribution in [1.82, 2.24) is 5.32 Å². The van der Waals surface area contributed by atoms with Crippen LogP contribution >= 0.6 is 11.3 Å². The molecule has 0 fully saturated rings. The third kappa shape index (κ3) is 3.42. The Morgan fingerprint density at radius 2 is 2.22 bits per heavy atom. The first-order chi connectivity index (χ1) is 8.79. The summed E-state index contributed by atoms with van der Waals surface area (Å²) in [7, 11) is 1.96. The van der Waals surface area contributed by atoms with Crippen LogP contribution in [0.25, 0.3) is 0 Å². The Bertz CT molecular complexity index is 518. The molecule has 0 radical (unpaired) electrons. The fourth-order valence-electron chi connectivity index (χ4n) is 1.67. The predicted molar refractivity (Wildman–Crippen MR) is 78.8 cm³/mol. The molecule has 94 valence electrons. The van der Waals surface area contributed by atoms with E-state index in [4.69, 9.17) is 5.73 Å². The van der Waals surface area contributed by atoms with Gasteiger partial charge in [0.2, 0.25) is 0 Å². The van der Waals surface area contributed by atoms with Crippen LogP contribution in [0.4, 0.5) is 5.69 Å². The van der Waals surface area contributed by atoms with E-state index in [1.165, 1.54) is 5.56 Å². The molecule has 0 unspecified atom stereocenters. The van der Waals surface area contributed by atoms with E-state index in [2.05, 4.69) is 22.4 Å². The molecule has 1 aromatic carbocycles. The number of hydrogen-bond acceptors (Lipinski definition) is 3. The number of benzene rings is 1. The van der Waals surface area contributed by atoms with Gasteiger partial charge in [-0.3, -0.25) is 0 Å². The summed E-state index contributed by atoms with van der Waals surface area (Å²) in [5, 5.41) is 5.14. The zero-order valence-electron chi connectivity index (χ0n) is 10.4. The number of rotatable bonds is 5. The van der Waals surface area contributed by atoms with Gasteiger partial charge in [0.25, 0.3) is 0 Å². The van der Waals surface area contributed by atoms with Crippen molar-refractivity contribution in [2.75, 3.05) is 13.6 Å². The van der Waals surface area contributed by atoms with Crippen LogP contribution in [0.5, 0.6) is 0 Å². The lowest BCUT2D eigenvalue weighted by molar-refractivity contribution is 0.792. The van der Waals surface area contributed by atoms with Crippen LogP contribution < -0.4 is 11.1 Å². The number of nitrogens with one attached hydrogen (secondary N) is 1. The van der Waals surface area contributed by atoms with E-state index in [1.807, 2.05) is 36.7 Å². The van der Waals surface area contributed by atoms with Crippen molar-refractivity contribution >= 4 is 22.9 Å². The van der Waals surface area contributed by atoms with Crippen LogP contribution in [0.2, 0.25) is 0 Å². The van der Waals surface area contributed by atoms with Gasteiger partial charge in [-0.15, -0.1) is 11.3 Å². The van der Waals surface area contributed by atoms with E-state index >= 15 is 0 Å². The Morgan fingerprint density at radius 3 is 2.94 bits per heavy atom. The smallest absolute Gasteiger partial charge is 0.141 e. The molecule has 2 rings (SSSR count). The summed E-state index contributed by atoms with van der Waals surface area (Å²) in [6.07, 6.45) is 0.999. The van der Waals surface area contributed by atoms with Gasteiger partial charge in [0, 0.05) is 0 Å². The minimum absolute atomic E-state index is 0.579. The lowest BCUT2D eigenvalue weighted by Crippen LogP contribution is -2.11. The molecule has 1 aromatic heterocycles. The molecule has 4 heteroatoms. The van der Waals surface area contributed by atoms with Crippen molar-refractivity contribution in [2.45, 2.75) is 6.42 Å². The van der Waals surface area contributed by atoms with Gasteiger partial charge < -0.3 is 11.1 Å². The van der Waals surface area contributed by atoms with Crippen LogP contribution in [0.1, 0.15) is 10.4 Å². The van der Waals surface area contributed by atoms with Crippen LogP contribution in [0.15, 0.2) is 46.8 Å². The van der Waals surface area contributed by atoms with Gasteiger partial charge in [-0.2, -0.15) is 0 Å². The summed E-state index contributed by atoms with van der Waals surface area (Å²) >= 11 is 1.60. The predicted octanol–water partition coefficient (Wildman–Crippen LogP) is 2.55. The van der Waals surface area contributed by atoms with Crippen molar-refractivity contribution in [3.63, 3.8) is 0 Å². The van der Waals surface area contributed by atoms with Gasteiger partial charge in [0.05, 0.1) is 10.6 Å². The fraction of sp³-hybridized carbons (Fsp3) is 0.214. The van der Waals surface area contributed by atoms with Crippen molar-refractivity contribution in [2.24, 2.45) is 10.7 Å². The van der Waals surface area contributed by atoms with E-state index in [-0.39, 0.29) is 0 Å². The van der Waals surface area contributed by atoms with Gasteiger partial charge in [-0.05, 0) is 49.2 Å². The Morgan fingerprint density at radius 1 is 1.33 bits per heavy atom. The molecule has 3 nitrogen and oxygen atoms in total. The maximum absolute atomic E-state index is 5.97. The highest BCUT2D eigenvalue weighted by atomic mass is 32.1. The van der Waals surface area contributed by atoms with E-state index in [0.717, 1.165) is 23.5 Å². The molecule has 0 atom stereocenters. The highest BCUT2D eigenvalue weighted by Gasteiger charge is 2.00. The summed E-state index contributed by atoms with van der Waals surface area (Å²) in [6.45, 7) is 0.966. The van der Waals surface area contributed by atoms with Gasteiger partial charge in [-0.25, -0.2) is 4.99 Å². The first-order valence-electron chi connectivity index (χ1n) is 5.91. The van der Waals surface area contributed by atoms with Crippen LogP contribution in [-0.2, 0) is 6.42 Å². The van der Waals surface area contributed by atoms with Crippen LogP contribution in [0, 0.1) is 0 Å². The van der Waals surface area contributed by atoms with E-state index in [9.17, 15) is 0 Å². The third-order valence-electron chi connectivity index (χ3n) is 2.60. The number of aliphatic imine (C=N–C) groups is 1. The minimum Gasteiger partial charge on any atom is -0.383 e. The lowest BCUT2D eigenvalue weighted by Gasteiger charge is -2.03. The molecule has 3 N–H and O–H groups in total. The molecule has 0 amide bonds. The molecule has 2 aromatic rings. The Labute approximate surface area is 111 Å². The first-order valence-corrected chi connectivity index (χ1v) is 6.79. The molecule has 1 heterocycles. The molecule has 0 aliphatic heterocycles. The van der Waals surface area contributed by atoms with Crippen molar-refractivity contribution in [3.8, 4) is 0 Å². The maximum atomic E-state index is 5.97. The van der Waals surface area contributed by atoms with Crippen molar-refractivity contribution < 1.29 is 0 Å². The third-order valence-corrected chi connectivity index (χ3v) is 3.49. The summed E-state index contributed by atoms with van der Waals surface area (Å²) in [4.78, 5) is 5.46. The van der Waals surface area contributed by atoms with Gasteiger partial charge in [0.1, 0.15) is 5.84 Å². The average Bonchev–Trinajstić information content (AvgIpc) is 2.91. The van der Waals surface area contributed by atoms with E-state index < -0.39 is 0 Å². The highest BCUT2D eigenvalue weighted by Crippen LogP contribution is 2.17. The molecule has 0 spiro atoms. The maximum Gasteiger partial charge on any atom is 0.141 e. The fourth-order valence-corrected chi connectivity index (χ4v) is 2.30. The number of nitrogens with two attached hydrogens (primary N) is 1. The zero-order chi connectivity index (χ0) is 12.8. The summed E-state index contributed by atoms with van der Waals surface area (Å²) in [6, 6.07) is 12.1. The number of hydrogen-bond donors (Lipinski definition) is 2. The zero-order valence-corrected chi connectivity index (χ0v) is 11.2. The highest BCUT2D eigenvalue weighted by molar-refractivity contribution is 7.12. The normalized spacial score (nSPS) is 11.7. The molecular formula is C14H17N3S. The first kappa shape index (κ1) is 12.8. The monoisotopic (exact) mass is 259 g/mol. The molecule has 18 heavy (non-hydrogen) atoms. The number of likely N-dealkylation sites (N-methyl/N-ethyl adjacent to an activating group) is 1. The molecular weight excluding hydrogens is 242 g/mol. The van der Waals surface area contributed by atoms with E-state index in [0.29, 0.717) is 5.84 Å². The summed E-state index contributed by atoms with van der Waals surface area (Å²) in [5.41, 5.74) is 8.15. The minimum atomic E-state index is 0.579. The second kappa shape index (κ2) is 6.33. The number of thiophene rings is 1. The van der Waals surface area contributed by atoms with Crippen molar-refractivity contribution in [3.05, 3.63) is 52.2 Å². The van der Waals surface area contributed by atoms with Gasteiger partial charge >= 0.3 is 0 Å². The molecule has 0 aliphatic rings. The SMILES string of the molecule is CNCCc1cccc(N=C(N)c2cccs2)c1. The number of nitrogens with zero attached hydrogens (tertiary/aromatic N) is 1. The average molecular weight is 259 g/mol. The summed E-state index contributed by atoms with van der Waals surface area (Å²) in [5.74, 6) is 0.579. The Kier molecular flexibility index (Phi) is 4.50. The molecule has 0 saturated carbocycles. The van der Waals surface area contributed by atoms with Crippen LogP contribution in [-0.4, -0.2) is 19.4 Å². The molecule has 0 aliphatic carbocycles. The second-order valence-electron chi connectivity index (χ2n) is 4.00. The Balaban J connectivity index is 2.16. The standard InChI is InChI=1S/C14H17N3S/c1-16-8-7-11-4-2-5-12(10-11)17-14(15)13-6-3-9-18-13/h2-6,9-10,16H,7-8H2,1H3,(H2,15,17). The topological polar surface area (TPSA) is 50.4 Å². The van der Waals surface area contributed by atoms with Crippen molar-refractivity contribution in [1.29, 1.82) is 0 Å². The second-order valence-corrected chi connectivity index (χ2v) is 4.95. The summed E-state index contributed by atoms with van der Waals surface area (Å²) < 4.78 is 0. The quantitative estimate of drug-likeness (QED) is 0.640. The molecule has 0 bridgehead atoms. The van der Waals surface area contributed by atoms with Gasteiger partial charge in [-0.1, -0.05) is 18.2 Å². The van der Waals surface area contributed by atoms with Crippen LogP contribution in [0.3, 0.4) is 0 Å². The largest absolute Gasteiger partial charge is 0.383 e. The Hall–Kier alpha value is -1.65. The lowest BCUT2D eigenvalue weighted by atomic mass is 10.1. The molecule has 0 saturated heterocycles. The van der Waals surface area contributed by atoms with Gasteiger partial charge in [0.15, 0.2) is 0 Å². The van der Waals surface area contributed by atoms with E-state index in [1.54, 1.807) is 11.3 Å². The number of amidine groups is 1.